The van der Waals surface area contributed by atoms with Crippen LogP contribution in [-0.2, 0) is 6.54 Å². The number of halogens is 1. The molecule has 64 valence electrons. The molecule has 0 radical (unpaired) electrons. The van der Waals surface area contributed by atoms with E-state index < -0.39 is 0 Å². The maximum atomic E-state index is 5.35. The fourth-order valence-corrected chi connectivity index (χ4v) is 0.882. The average molecular weight is 176 g/mol. The Hall–Kier alpha value is -0.470. The van der Waals surface area contributed by atoms with Crippen molar-refractivity contribution < 1.29 is 4.42 Å². The van der Waals surface area contributed by atoms with E-state index in [0.717, 1.165) is 18.1 Å². The molecule has 0 atom stereocenters. The molecule has 0 saturated carbocycles. The number of aryl methyl sites for hydroxylation is 1. The first kappa shape index (κ1) is 10.5. The molecule has 0 fully saturated rings. The van der Waals surface area contributed by atoms with Gasteiger partial charge in [0.15, 0.2) is 0 Å². The molecule has 0 bridgehead atoms. The van der Waals surface area contributed by atoms with E-state index in [1.807, 2.05) is 33.2 Å². The molecule has 1 heterocycles. The first-order chi connectivity index (χ1) is 4.68. The standard InChI is InChI=1S/C8H13NO.ClH/c1-7-4-5-8(10-7)6-9(2)3;/h4-5H,6H2,1-3H3;1H. The molecule has 0 aromatic carbocycles. The number of nitrogens with zero attached hydrogens (tertiary/aromatic N) is 1. The molecule has 0 amide bonds. The van der Waals surface area contributed by atoms with E-state index in [2.05, 4.69) is 4.90 Å². The number of hydrogen-bond donors (Lipinski definition) is 0. The molecule has 0 aliphatic heterocycles. The van der Waals surface area contributed by atoms with Crippen LogP contribution in [0.4, 0.5) is 0 Å². The zero-order chi connectivity index (χ0) is 7.56. The summed E-state index contributed by atoms with van der Waals surface area (Å²) < 4.78 is 5.35. The maximum absolute atomic E-state index is 5.35. The van der Waals surface area contributed by atoms with Crippen LogP contribution in [-0.4, -0.2) is 19.0 Å². The zero-order valence-electron chi connectivity index (χ0n) is 7.13. The fourth-order valence-electron chi connectivity index (χ4n) is 0.882. The van der Waals surface area contributed by atoms with Crippen molar-refractivity contribution in [2.24, 2.45) is 0 Å². The highest BCUT2D eigenvalue weighted by Crippen LogP contribution is 2.06. The van der Waals surface area contributed by atoms with E-state index in [9.17, 15) is 0 Å². The minimum atomic E-state index is 0. The van der Waals surface area contributed by atoms with Crippen molar-refractivity contribution in [2.45, 2.75) is 13.5 Å². The lowest BCUT2D eigenvalue weighted by Crippen LogP contribution is -2.09. The predicted molar refractivity (Wildman–Crippen MR) is 48.1 cm³/mol. The van der Waals surface area contributed by atoms with Gasteiger partial charge in [0.05, 0.1) is 6.54 Å². The van der Waals surface area contributed by atoms with Crippen LogP contribution in [0.5, 0.6) is 0 Å². The Bertz CT molecular complexity index is 208. The zero-order valence-corrected chi connectivity index (χ0v) is 7.94. The highest BCUT2D eigenvalue weighted by molar-refractivity contribution is 5.85. The van der Waals surface area contributed by atoms with Crippen molar-refractivity contribution in [2.75, 3.05) is 14.1 Å². The molecule has 0 spiro atoms. The van der Waals surface area contributed by atoms with Gasteiger partial charge in [0.25, 0.3) is 0 Å². The van der Waals surface area contributed by atoms with Gasteiger partial charge in [-0.05, 0) is 33.2 Å². The molecule has 1 aromatic heterocycles. The first-order valence-electron chi connectivity index (χ1n) is 3.38. The van der Waals surface area contributed by atoms with Crippen molar-refractivity contribution in [3.63, 3.8) is 0 Å². The summed E-state index contributed by atoms with van der Waals surface area (Å²) >= 11 is 0. The smallest absolute Gasteiger partial charge is 0.118 e. The van der Waals surface area contributed by atoms with Crippen LogP contribution in [0.1, 0.15) is 11.5 Å². The molecule has 0 aliphatic rings. The first-order valence-corrected chi connectivity index (χ1v) is 3.38. The highest BCUT2D eigenvalue weighted by atomic mass is 35.5. The Labute approximate surface area is 73.6 Å². The second-order valence-electron chi connectivity index (χ2n) is 2.75. The molecular weight excluding hydrogens is 162 g/mol. The average Bonchev–Trinajstić information content (AvgIpc) is 2.13. The van der Waals surface area contributed by atoms with Crippen LogP contribution < -0.4 is 0 Å². The van der Waals surface area contributed by atoms with Crippen molar-refractivity contribution >= 4 is 12.4 Å². The van der Waals surface area contributed by atoms with Gasteiger partial charge in [0.2, 0.25) is 0 Å². The Morgan fingerprint density at radius 3 is 2.36 bits per heavy atom. The van der Waals surface area contributed by atoms with Gasteiger partial charge in [-0.2, -0.15) is 0 Å². The molecule has 1 rings (SSSR count). The molecule has 0 aliphatic carbocycles. The van der Waals surface area contributed by atoms with Crippen LogP contribution in [0.2, 0.25) is 0 Å². The van der Waals surface area contributed by atoms with Crippen LogP contribution >= 0.6 is 12.4 Å². The van der Waals surface area contributed by atoms with Crippen molar-refractivity contribution in [3.8, 4) is 0 Å². The van der Waals surface area contributed by atoms with E-state index in [-0.39, 0.29) is 12.4 Å². The highest BCUT2D eigenvalue weighted by Gasteiger charge is 1.97. The normalized spacial score (nSPS) is 9.82. The molecule has 1 aromatic rings. The summed E-state index contributed by atoms with van der Waals surface area (Å²) in [7, 11) is 4.05. The molecule has 3 heteroatoms. The lowest BCUT2D eigenvalue weighted by Gasteiger charge is -2.05. The minimum absolute atomic E-state index is 0. The van der Waals surface area contributed by atoms with Gasteiger partial charge in [-0.15, -0.1) is 12.4 Å². The molecule has 0 saturated heterocycles. The Balaban J connectivity index is 0.000001000. The predicted octanol–water partition coefficient (Wildman–Crippen LogP) is 2.07. The topological polar surface area (TPSA) is 16.4 Å². The number of furan rings is 1. The van der Waals surface area contributed by atoms with Gasteiger partial charge < -0.3 is 9.32 Å². The monoisotopic (exact) mass is 175 g/mol. The van der Waals surface area contributed by atoms with Gasteiger partial charge in [-0.25, -0.2) is 0 Å². The summed E-state index contributed by atoms with van der Waals surface area (Å²) in [6.45, 7) is 2.84. The van der Waals surface area contributed by atoms with E-state index in [1.54, 1.807) is 0 Å². The molecule has 2 nitrogen and oxygen atoms in total. The van der Waals surface area contributed by atoms with Gasteiger partial charge >= 0.3 is 0 Å². The van der Waals surface area contributed by atoms with E-state index in [1.165, 1.54) is 0 Å². The van der Waals surface area contributed by atoms with Crippen LogP contribution in [0.3, 0.4) is 0 Å². The van der Waals surface area contributed by atoms with Crippen molar-refractivity contribution in [3.05, 3.63) is 23.7 Å². The van der Waals surface area contributed by atoms with E-state index in [0.29, 0.717) is 0 Å². The fraction of sp³-hybridized carbons (Fsp3) is 0.500. The molecular formula is C8H14ClNO. The van der Waals surface area contributed by atoms with Crippen LogP contribution in [0, 0.1) is 6.92 Å². The van der Waals surface area contributed by atoms with Crippen LogP contribution in [0.25, 0.3) is 0 Å². The van der Waals surface area contributed by atoms with Gasteiger partial charge in [-0.1, -0.05) is 0 Å². The van der Waals surface area contributed by atoms with Crippen molar-refractivity contribution in [1.29, 1.82) is 0 Å². The summed E-state index contributed by atoms with van der Waals surface area (Å²) in [5.41, 5.74) is 0. The summed E-state index contributed by atoms with van der Waals surface area (Å²) in [6.07, 6.45) is 0. The minimum Gasteiger partial charge on any atom is -0.465 e. The van der Waals surface area contributed by atoms with Crippen molar-refractivity contribution in [1.82, 2.24) is 4.90 Å². The van der Waals surface area contributed by atoms with Gasteiger partial charge in [0, 0.05) is 0 Å². The third-order valence-electron chi connectivity index (χ3n) is 1.27. The van der Waals surface area contributed by atoms with Gasteiger partial charge in [0.1, 0.15) is 11.5 Å². The molecule has 11 heavy (non-hydrogen) atoms. The van der Waals surface area contributed by atoms with E-state index in [4.69, 9.17) is 4.42 Å². The molecule has 0 N–H and O–H groups in total. The Morgan fingerprint density at radius 2 is 2.00 bits per heavy atom. The Morgan fingerprint density at radius 1 is 1.36 bits per heavy atom. The maximum Gasteiger partial charge on any atom is 0.118 e. The third-order valence-corrected chi connectivity index (χ3v) is 1.27. The second kappa shape index (κ2) is 4.42. The number of rotatable bonds is 2. The van der Waals surface area contributed by atoms with Crippen LogP contribution in [0.15, 0.2) is 16.5 Å². The second-order valence-corrected chi connectivity index (χ2v) is 2.75. The lowest BCUT2D eigenvalue weighted by atomic mass is 10.4. The van der Waals surface area contributed by atoms with Gasteiger partial charge in [-0.3, -0.25) is 0 Å². The SMILES string of the molecule is Cc1ccc(CN(C)C)o1.Cl. The summed E-state index contributed by atoms with van der Waals surface area (Å²) in [5.74, 6) is 2.01. The molecule has 0 unspecified atom stereocenters. The quantitative estimate of drug-likeness (QED) is 0.685. The summed E-state index contributed by atoms with van der Waals surface area (Å²) in [5, 5.41) is 0. The Kier molecular flexibility index (Phi) is 4.23. The summed E-state index contributed by atoms with van der Waals surface area (Å²) in [4.78, 5) is 2.08. The van der Waals surface area contributed by atoms with E-state index >= 15 is 0 Å². The summed E-state index contributed by atoms with van der Waals surface area (Å²) in [6, 6.07) is 3.99. The number of hydrogen-bond acceptors (Lipinski definition) is 2. The lowest BCUT2D eigenvalue weighted by molar-refractivity contribution is 0.345. The third kappa shape index (κ3) is 3.44. The largest absolute Gasteiger partial charge is 0.465 e.